The van der Waals surface area contributed by atoms with Gasteiger partial charge in [-0.2, -0.15) is 0 Å². The molecule has 0 saturated heterocycles. The fraction of sp³-hybridized carbons (Fsp3) is 0.348. The highest BCUT2D eigenvalue weighted by Gasteiger charge is 2.10. The Morgan fingerprint density at radius 3 is 2.04 bits per heavy atom. The van der Waals surface area contributed by atoms with Gasteiger partial charge in [-0.3, -0.25) is 4.99 Å². The zero-order chi connectivity index (χ0) is 18.6. The molecule has 2 aromatic rings. The predicted molar refractivity (Wildman–Crippen MR) is 115 cm³/mol. The second-order valence-corrected chi connectivity index (χ2v) is 8.01. The molecule has 0 aliphatic heterocycles. The van der Waals surface area contributed by atoms with Gasteiger partial charge in [0.2, 0.25) is 0 Å². The second-order valence-electron chi connectivity index (χ2n) is 6.71. The highest BCUT2D eigenvalue weighted by atomic mass is 32.2. The molecule has 1 nitrogen and oxygen atoms in total. The first-order chi connectivity index (χ1) is 11.8. The average molecular weight is 352 g/mol. The maximum absolute atomic E-state index is 4.91. The van der Waals surface area contributed by atoms with Crippen LogP contribution in [-0.4, -0.2) is 11.5 Å². The van der Waals surface area contributed by atoms with Gasteiger partial charge in [0.1, 0.15) is 0 Å². The number of para-hydroxylation sites is 1. The minimum atomic E-state index is 1.05. The van der Waals surface area contributed by atoms with E-state index in [1.807, 2.05) is 11.8 Å². The Bertz CT molecular complexity index is 785. The quantitative estimate of drug-likeness (QED) is 0.523. The summed E-state index contributed by atoms with van der Waals surface area (Å²) in [5, 5.41) is 0. The van der Waals surface area contributed by atoms with E-state index >= 15 is 0 Å². The number of nitrogens with zero attached hydrogens (tertiary/aromatic N) is 1. The lowest BCUT2D eigenvalue weighted by molar-refractivity contribution is 1.30. The number of hydrogen-bond donors (Lipinski definition) is 0. The summed E-state index contributed by atoms with van der Waals surface area (Å²) in [7, 11) is 0. The average Bonchev–Trinajstić information content (AvgIpc) is 2.50. The van der Waals surface area contributed by atoms with Gasteiger partial charge in [-0.25, -0.2) is 0 Å². The Balaban J connectivity index is 2.52. The van der Waals surface area contributed by atoms with E-state index in [9.17, 15) is 0 Å². The van der Waals surface area contributed by atoms with Crippen LogP contribution in [0.15, 0.2) is 41.4 Å². The lowest BCUT2D eigenvalue weighted by Gasteiger charge is -2.15. The van der Waals surface area contributed by atoms with Gasteiger partial charge in [-0.15, -0.1) is 11.8 Å². The summed E-state index contributed by atoms with van der Waals surface area (Å²) < 4.78 is 0. The number of aryl methyl sites for hydroxylation is 5. The lowest BCUT2D eigenvalue weighted by Crippen LogP contribution is -1.96. The first-order valence-electron chi connectivity index (χ1n) is 8.87. The minimum Gasteiger partial charge on any atom is -0.253 e. The summed E-state index contributed by atoms with van der Waals surface area (Å²) in [6, 6.07) is 10.9. The zero-order valence-electron chi connectivity index (χ0n) is 16.5. The number of aliphatic imine (C=N–C) groups is 1. The Labute approximate surface area is 157 Å². The second kappa shape index (κ2) is 8.53. The number of hydrogen-bond acceptors (Lipinski definition) is 2. The normalized spacial score (nSPS) is 12.6. The fourth-order valence-corrected chi connectivity index (χ4v) is 4.32. The number of benzene rings is 2. The van der Waals surface area contributed by atoms with Crippen molar-refractivity contribution in [1.82, 2.24) is 0 Å². The van der Waals surface area contributed by atoms with E-state index in [4.69, 9.17) is 4.99 Å². The molecule has 0 N–H and O–H groups in total. The number of thioether (sulfide) groups is 1. The van der Waals surface area contributed by atoms with E-state index < -0.39 is 0 Å². The third kappa shape index (κ3) is 4.85. The van der Waals surface area contributed by atoms with E-state index in [1.165, 1.54) is 38.3 Å². The van der Waals surface area contributed by atoms with Crippen molar-refractivity contribution in [2.24, 2.45) is 4.99 Å². The molecule has 0 amide bonds. The largest absolute Gasteiger partial charge is 0.253 e. The molecule has 0 radical (unpaired) electrons. The molecule has 0 aliphatic carbocycles. The van der Waals surface area contributed by atoms with Crippen LogP contribution in [0.1, 0.15) is 47.2 Å². The molecule has 2 rings (SSSR count). The van der Waals surface area contributed by atoms with Gasteiger partial charge >= 0.3 is 0 Å². The molecule has 0 saturated carbocycles. The molecular weight excluding hydrogens is 322 g/mol. The van der Waals surface area contributed by atoms with E-state index in [2.05, 4.69) is 84.9 Å². The summed E-state index contributed by atoms with van der Waals surface area (Å²) in [4.78, 5) is 6.22. The summed E-state index contributed by atoms with van der Waals surface area (Å²) in [5.74, 6) is 1.05. The monoisotopic (exact) mass is 351 g/mol. The van der Waals surface area contributed by atoms with Crippen LogP contribution in [0, 0.1) is 34.6 Å². The molecule has 0 spiro atoms. The lowest BCUT2D eigenvalue weighted by atomic mass is 9.99. The maximum Gasteiger partial charge on any atom is 0.0691 e. The van der Waals surface area contributed by atoms with Crippen molar-refractivity contribution in [3.05, 3.63) is 69.8 Å². The van der Waals surface area contributed by atoms with Crippen molar-refractivity contribution in [3.63, 3.8) is 0 Å². The number of rotatable bonds is 5. The van der Waals surface area contributed by atoms with Crippen LogP contribution in [0.3, 0.4) is 0 Å². The topological polar surface area (TPSA) is 12.4 Å². The Hall–Kier alpha value is -1.80. The minimum absolute atomic E-state index is 1.05. The van der Waals surface area contributed by atoms with E-state index in [1.54, 1.807) is 0 Å². The van der Waals surface area contributed by atoms with Gasteiger partial charge in [0.25, 0.3) is 0 Å². The van der Waals surface area contributed by atoms with Crippen LogP contribution >= 0.6 is 11.8 Å². The van der Waals surface area contributed by atoms with Gasteiger partial charge in [-0.05, 0) is 81.2 Å². The van der Waals surface area contributed by atoms with Crippen LogP contribution in [0.5, 0.6) is 0 Å². The molecule has 0 aliphatic rings. The standard InChI is InChI=1S/C23H29NS/c1-8-25-21(22-18(5)12-15(2)13-19(22)6)14-20(7)24-23-16(3)10-9-11-17(23)4/h9-14H,8H2,1-7H3/b21-14-,24-20?. The van der Waals surface area contributed by atoms with Crippen LogP contribution in [0.2, 0.25) is 0 Å². The van der Waals surface area contributed by atoms with Crippen molar-refractivity contribution < 1.29 is 0 Å². The highest BCUT2D eigenvalue weighted by molar-refractivity contribution is 8.08. The Morgan fingerprint density at radius 2 is 1.52 bits per heavy atom. The van der Waals surface area contributed by atoms with Gasteiger partial charge in [-0.1, -0.05) is 42.8 Å². The molecule has 0 unspecified atom stereocenters. The van der Waals surface area contributed by atoms with E-state index in [-0.39, 0.29) is 0 Å². The molecule has 0 atom stereocenters. The van der Waals surface area contributed by atoms with Crippen LogP contribution in [-0.2, 0) is 0 Å². The van der Waals surface area contributed by atoms with Gasteiger partial charge in [0.05, 0.1) is 5.69 Å². The smallest absolute Gasteiger partial charge is 0.0691 e. The van der Waals surface area contributed by atoms with Crippen LogP contribution in [0.4, 0.5) is 5.69 Å². The van der Waals surface area contributed by atoms with Crippen molar-refractivity contribution >= 4 is 28.1 Å². The molecule has 0 bridgehead atoms. The molecule has 2 heteroatoms. The molecule has 0 fully saturated rings. The number of allylic oxidation sites excluding steroid dienone is 1. The van der Waals surface area contributed by atoms with Crippen molar-refractivity contribution in [1.29, 1.82) is 0 Å². The third-order valence-corrected chi connectivity index (χ3v) is 5.21. The SMILES string of the molecule is CCS/C(=C\C(C)=Nc1c(C)cccc1C)c1c(C)cc(C)cc1C. The Kier molecular flexibility index (Phi) is 6.66. The molecular formula is C23H29NS. The highest BCUT2D eigenvalue weighted by Crippen LogP contribution is 2.33. The fourth-order valence-electron chi connectivity index (χ4n) is 3.29. The molecule has 0 aromatic heterocycles. The first-order valence-corrected chi connectivity index (χ1v) is 9.86. The van der Waals surface area contributed by atoms with E-state index in [0.717, 1.165) is 17.2 Å². The van der Waals surface area contributed by atoms with E-state index in [0.29, 0.717) is 0 Å². The van der Waals surface area contributed by atoms with Gasteiger partial charge < -0.3 is 0 Å². The molecule has 2 aromatic carbocycles. The van der Waals surface area contributed by atoms with Gasteiger partial charge in [0.15, 0.2) is 0 Å². The maximum atomic E-state index is 4.91. The van der Waals surface area contributed by atoms with Crippen LogP contribution < -0.4 is 0 Å². The summed E-state index contributed by atoms with van der Waals surface area (Å²) in [6.45, 7) is 15.1. The van der Waals surface area contributed by atoms with Crippen LogP contribution in [0.25, 0.3) is 4.91 Å². The molecule has 132 valence electrons. The summed E-state index contributed by atoms with van der Waals surface area (Å²) >= 11 is 1.89. The summed E-state index contributed by atoms with van der Waals surface area (Å²) in [6.07, 6.45) is 2.24. The molecule has 0 heterocycles. The Morgan fingerprint density at radius 1 is 0.960 bits per heavy atom. The molecule has 25 heavy (non-hydrogen) atoms. The predicted octanol–water partition coefficient (Wildman–Crippen LogP) is 7.12. The summed E-state index contributed by atoms with van der Waals surface area (Å²) in [5.41, 5.74) is 9.94. The zero-order valence-corrected chi connectivity index (χ0v) is 17.3. The van der Waals surface area contributed by atoms with Crippen molar-refractivity contribution in [2.75, 3.05) is 5.75 Å². The third-order valence-electron chi connectivity index (χ3n) is 4.29. The van der Waals surface area contributed by atoms with Gasteiger partial charge in [0, 0.05) is 10.6 Å². The van der Waals surface area contributed by atoms with Crippen molar-refractivity contribution in [2.45, 2.75) is 48.5 Å². The first kappa shape index (κ1) is 19.5. The van der Waals surface area contributed by atoms with Crippen molar-refractivity contribution in [3.8, 4) is 0 Å².